The first kappa shape index (κ1) is 22.7. The number of thiophene rings is 1. The molecule has 164 valence electrons. The molecule has 0 amide bonds. The molecule has 1 aliphatic carbocycles. The molecule has 0 unspecified atom stereocenters. The second-order valence-electron chi connectivity index (χ2n) is 7.97. The van der Waals surface area contributed by atoms with Crippen molar-refractivity contribution in [2.24, 2.45) is 0 Å². The first-order valence-corrected chi connectivity index (χ1v) is 13.2. The van der Waals surface area contributed by atoms with Crippen LogP contribution < -0.4 is 9.46 Å². The summed E-state index contributed by atoms with van der Waals surface area (Å²) in [5.41, 5.74) is 4.47. The molecule has 31 heavy (non-hydrogen) atoms. The molecule has 0 radical (unpaired) electrons. The highest BCUT2D eigenvalue weighted by atomic mass is 35.5. The molecule has 0 atom stereocenters. The van der Waals surface area contributed by atoms with Gasteiger partial charge in [0.25, 0.3) is 0 Å². The number of nitrogens with zero attached hydrogens (tertiary/aromatic N) is 1. The SMILES string of the molecule is Cc1nc(-c2sc(Cl)cc2CNSCCc2ccccc2)ccc1OC1CCCCC1. The quantitative estimate of drug-likeness (QED) is 0.259. The van der Waals surface area contributed by atoms with E-state index in [1.54, 1.807) is 23.3 Å². The molecular weight excluding hydrogens is 444 g/mol. The lowest BCUT2D eigenvalue weighted by Gasteiger charge is -2.23. The molecule has 3 aromatic rings. The van der Waals surface area contributed by atoms with Gasteiger partial charge in [0.1, 0.15) is 5.75 Å². The minimum absolute atomic E-state index is 0.337. The summed E-state index contributed by atoms with van der Waals surface area (Å²) in [4.78, 5) is 5.99. The maximum Gasteiger partial charge on any atom is 0.140 e. The Kier molecular flexibility index (Phi) is 8.31. The second-order valence-corrected chi connectivity index (χ2v) is 10.6. The van der Waals surface area contributed by atoms with E-state index in [9.17, 15) is 0 Å². The van der Waals surface area contributed by atoms with Crippen LogP contribution in [0.3, 0.4) is 0 Å². The van der Waals surface area contributed by atoms with Crippen LogP contribution in [-0.4, -0.2) is 16.8 Å². The largest absolute Gasteiger partial charge is 0.489 e. The Labute approximate surface area is 198 Å². The number of aromatic nitrogens is 1. The van der Waals surface area contributed by atoms with Crippen molar-refractivity contribution in [1.29, 1.82) is 0 Å². The third-order valence-corrected chi connectivity index (χ3v) is 7.68. The maximum atomic E-state index is 6.37. The van der Waals surface area contributed by atoms with Gasteiger partial charge < -0.3 is 4.74 Å². The summed E-state index contributed by atoms with van der Waals surface area (Å²) in [5, 5.41) is 0. The lowest BCUT2D eigenvalue weighted by Crippen LogP contribution is -2.20. The zero-order valence-electron chi connectivity index (χ0n) is 17.9. The van der Waals surface area contributed by atoms with Crippen molar-refractivity contribution in [1.82, 2.24) is 9.71 Å². The molecule has 6 heteroatoms. The van der Waals surface area contributed by atoms with Gasteiger partial charge in [-0.15, -0.1) is 11.3 Å². The number of ether oxygens (including phenoxy) is 1. The number of benzene rings is 1. The average Bonchev–Trinajstić information content (AvgIpc) is 3.17. The van der Waals surface area contributed by atoms with E-state index in [2.05, 4.69) is 53.3 Å². The Balaban J connectivity index is 1.35. The molecule has 1 aromatic carbocycles. The molecule has 0 spiro atoms. The number of hydrogen-bond acceptors (Lipinski definition) is 5. The summed E-state index contributed by atoms with van der Waals surface area (Å²) in [6.45, 7) is 2.80. The summed E-state index contributed by atoms with van der Waals surface area (Å²) in [6.07, 6.45) is 7.56. The minimum atomic E-state index is 0.337. The van der Waals surface area contributed by atoms with Crippen LogP contribution in [0.2, 0.25) is 4.34 Å². The van der Waals surface area contributed by atoms with Gasteiger partial charge in [0, 0.05) is 12.3 Å². The highest BCUT2D eigenvalue weighted by Crippen LogP contribution is 2.36. The molecule has 0 saturated heterocycles. The highest BCUT2D eigenvalue weighted by molar-refractivity contribution is 7.97. The van der Waals surface area contributed by atoms with E-state index < -0.39 is 0 Å². The molecular formula is C25H29ClN2OS2. The first-order chi connectivity index (χ1) is 15.2. The summed E-state index contributed by atoms with van der Waals surface area (Å²) in [5.74, 6) is 1.94. The molecule has 1 saturated carbocycles. The fraction of sp³-hybridized carbons (Fsp3) is 0.400. The first-order valence-electron chi connectivity index (χ1n) is 11.0. The molecule has 1 fully saturated rings. The van der Waals surface area contributed by atoms with Gasteiger partial charge in [-0.05, 0) is 68.4 Å². The number of pyridine rings is 1. The molecule has 1 aliphatic rings. The van der Waals surface area contributed by atoms with Crippen molar-refractivity contribution in [3.8, 4) is 16.3 Å². The topological polar surface area (TPSA) is 34.2 Å². The summed E-state index contributed by atoms with van der Waals surface area (Å²) in [6, 6.07) is 16.8. The molecule has 0 bridgehead atoms. The predicted octanol–water partition coefficient (Wildman–Crippen LogP) is 7.46. The van der Waals surface area contributed by atoms with Gasteiger partial charge in [-0.1, -0.05) is 60.3 Å². The zero-order chi connectivity index (χ0) is 21.5. The van der Waals surface area contributed by atoms with E-state index in [1.165, 1.54) is 30.4 Å². The molecule has 0 aliphatic heterocycles. The van der Waals surface area contributed by atoms with Crippen molar-refractivity contribution >= 4 is 34.9 Å². The van der Waals surface area contributed by atoms with Crippen LogP contribution in [0.1, 0.15) is 48.9 Å². The summed E-state index contributed by atoms with van der Waals surface area (Å²) in [7, 11) is 0. The van der Waals surface area contributed by atoms with E-state index in [0.717, 1.165) is 57.9 Å². The molecule has 3 nitrogen and oxygen atoms in total. The van der Waals surface area contributed by atoms with Crippen LogP contribution in [0.25, 0.3) is 10.6 Å². The Morgan fingerprint density at radius 1 is 1.13 bits per heavy atom. The smallest absolute Gasteiger partial charge is 0.140 e. The highest BCUT2D eigenvalue weighted by Gasteiger charge is 2.17. The normalized spacial score (nSPS) is 14.6. The van der Waals surface area contributed by atoms with Crippen LogP contribution in [0.15, 0.2) is 48.5 Å². The lowest BCUT2D eigenvalue weighted by molar-refractivity contribution is 0.153. The zero-order valence-corrected chi connectivity index (χ0v) is 20.3. The lowest BCUT2D eigenvalue weighted by atomic mass is 9.98. The van der Waals surface area contributed by atoms with E-state index in [0.29, 0.717) is 6.10 Å². The van der Waals surface area contributed by atoms with E-state index >= 15 is 0 Å². The Morgan fingerprint density at radius 2 is 1.94 bits per heavy atom. The fourth-order valence-corrected chi connectivity index (χ4v) is 5.90. The summed E-state index contributed by atoms with van der Waals surface area (Å²) < 4.78 is 10.5. The van der Waals surface area contributed by atoms with Crippen LogP contribution in [0.5, 0.6) is 5.75 Å². The van der Waals surface area contributed by atoms with Gasteiger partial charge in [0.2, 0.25) is 0 Å². The van der Waals surface area contributed by atoms with E-state index in [1.807, 2.05) is 6.92 Å². The molecule has 1 N–H and O–H groups in total. The van der Waals surface area contributed by atoms with Crippen molar-refractivity contribution in [3.05, 3.63) is 69.7 Å². The fourth-order valence-electron chi connectivity index (χ4n) is 3.92. The van der Waals surface area contributed by atoms with Gasteiger partial charge in [0.05, 0.1) is 26.7 Å². The second kappa shape index (κ2) is 11.4. The predicted molar refractivity (Wildman–Crippen MR) is 134 cm³/mol. The average molecular weight is 473 g/mol. The number of hydrogen-bond donors (Lipinski definition) is 1. The Morgan fingerprint density at radius 3 is 2.71 bits per heavy atom. The monoisotopic (exact) mass is 472 g/mol. The van der Waals surface area contributed by atoms with Gasteiger partial charge >= 0.3 is 0 Å². The third kappa shape index (κ3) is 6.48. The summed E-state index contributed by atoms with van der Waals surface area (Å²) >= 11 is 9.71. The van der Waals surface area contributed by atoms with Crippen LogP contribution >= 0.6 is 34.9 Å². The van der Waals surface area contributed by atoms with Gasteiger partial charge in [-0.3, -0.25) is 4.72 Å². The van der Waals surface area contributed by atoms with Crippen LogP contribution in [0, 0.1) is 6.92 Å². The third-order valence-electron chi connectivity index (χ3n) is 5.60. The Bertz CT molecular complexity index is 971. The number of rotatable bonds is 9. The van der Waals surface area contributed by atoms with E-state index in [-0.39, 0.29) is 0 Å². The van der Waals surface area contributed by atoms with E-state index in [4.69, 9.17) is 21.3 Å². The molecule has 4 rings (SSSR count). The minimum Gasteiger partial charge on any atom is -0.489 e. The number of halogens is 1. The Hall–Kier alpha value is -1.53. The standard InChI is InChI=1S/C25H29ClN2OS2/c1-18-23(29-21-10-6-3-7-11-21)13-12-22(28-18)25-20(16-24(26)31-25)17-27-30-15-14-19-8-4-2-5-9-19/h2,4-5,8-9,12-13,16,21,27H,3,6-7,10-11,14-15,17H2,1H3. The van der Waals surface area contributed by atoms with Crippen molar-refractivity contribution in [3.63, 3.8) is 0 Å². The number of aryl methyl sites for hydroxylation is 2. The van der Waals surface area contributed by atoms with Crippen molar-refractivity contribution in [2.45, 2.75) is 58.1 Å². The van der Waals surface area contributed by atoms with Crippen LogP contribution in [-0.2, 0) is 13.0 Å². The number of nitrogens with one attached hydrogen (secondary N) is 1. The molecule has 2 aromatic heterocycles. The molecule has 2 heterocycles. The van der Waals surface area contributed by atoms with Gasteiger partial charge in [0.15, 0.2) is 0 Å². The van der Waals surface area contributed by atoms with Crippen molar-refractivity contribution in [2.75, 3.05) is 5.75 Å². The van der Waals surface area contributed by atoms with Gasteiger partial charge in [-0.25, -0.2) is 4.98 Å². The van der Waals surface area contributed by atoms with Crippen molar-refractivity contribution < 1.29 is 4.74 Å². The van der Waals surface area contributed by atoms with Crippen LogP contribution in [0.4, 0.5) is 0 Å². The maximum absolute atomic E-state index is 6.37. The van der Waals surface area contributed by atoms with Gasteiger partial charge in [-0.2, -0.15) is 0 Å².